The van der Waals surface area contributed by atoms with E-state index >= 15 is 0 Å². The van der Waals surface area contributed by atoms with Gasteiger partial charge in [0.25, 0.3) is 0 Å². The highest BCUT2D eigenvalue weighted by atomic mass is 32.2. The van der Waals surface area contributed by atoms with Crippen molar-refractivity contribution in [1.29, 1.82) is 0 Å². The second-order valence-electron chi connectivity index (χ2n) is 8.26. The molecule has 1 atom stereocenters. The molecule has 1 heterocycles. The van der Waals surface area contributed by atoms with E-state index in [2.05, 4.69) is 10.0 Å². The number of benzene rings is 1. The summed E-state index contributed by atoms with van der Waals surface area (Å²) in [6.07, 6.45) is 4.99. The molecule has 1 saturated carbocycles. The molecule has 0 aromatic heterocycles. The molecule has 1 aromatic rings. The van der Waals surface area contributed by atoms with Gasteiger partial charge in [-0.05, 0) is 49.8 Å². The number of rotatable bonds is 13. The van der Waals surface area contributed by atoms with Gasteiger partial charge in [-0.15, -0.1) is 0 Å². The van der Waals surface area contributed by atoms with Crippen LogP contribution in [0.15, 0.2) is 18.2 Å². The van der Waals surface area contributed by atoms with Crippen LogP contribution in [0.25, 0.3) is 0 Å². The number of carbonyl (C=O) groups is 2. The third kappa shape index (κ3) is 7.46. The molecule has 1 saturated heterocycles. The first-order valence-corrected chi connectivity index (χ1v) is 12.4. The van der Waals surface area contributed by atoms with Gasteiger partial charge in [-0.25, -0.2) is 22.3 Å². The normalized spacial score (nSPS) is 17.7. The summed E-state index contributed by atoms with van der Waals surface area (Å²) in [7, 11) is -3.52. The van der Waals surface area contributed by atoms with Gasteiger partial charge in [-0.3, -0.25) is 10.1 Å². The second-order valence-corrected chi connectivity index (χ2v) is 10.1. The van der Waals surface area contributed by atoms with Crippen LogP contribution in [-0.2, 0) is 14.8 Å². The van der Waals surface area contributed by atoms with Gasteiger partial charge in [-0.1, -0.05) is 25.3 Å². The van der Waals surface area contributed by atoms with E-state index in [1.807, 2.05) is 0 Å². The number of amides is 3. The van der Waals surface area contributed by atoms with Gasteiger partial charge >= 0.3 is 6.03 Å². The molecule has 0 bridgehead atoms. The van der Waals surface area contributed by atoms with Crippen LogP contribution in [0.4, 0.5) is 9.18 Å². The van der Waals surface area contributed by atoms with Crippen molar-refractivity contribution in [3.05, 3.63) is 29.6 Å². The van der Waals surface area contributed by atoms with Gasteiger partial charge in [0.1, 0.15) is 6.54 Å². The summed E-state index contributed by atoms with van der Waals surface area (Å²) >= 11 is 0. The van der Waals surface area contributed by atoms with Crippen molar-refractivity contribution in [3.8, 4) is 5.75 Å². The number of hydrogen-bond acceptors (Lipinski definition) is 5. The zero-order valence-electron chi connectivity index (χ0n) is 17.7. The van der Waals surface area contributed by atoms with Crippen LogP contribution in [0.2, 0.25) is 0 Å². The Kier molecular flexibility index (Phi) is 7.88. The first-order chi connectivity index (χ1) is 14.7. The lowest BCUT2D eigenvalue weighted by Crippen LogP contribution is -2.30. The standard InChI is InChI=1S/C21H30FN3O5S/c1-15(17-7-8-18(22)19(13-17)30-11-9-16-5-6-16)24-31(28,29)12-4-2-3-10-25-14-20(26)23-21(25)27/h7-8,13,15-16,24H,2-6,9-12,14H2,1H3,(H,23,26,27)/t15-/m1/s1. The van der Waals surface area contributed by atoms with E-state index in [0.717, 1.165) is 6.42 Å². The number of imide groups is 1. The molecule has 0 spiro atoms. The van der Waals surface area contributed by atoms with Crippen LogP contribution in [0.1, 0.15) is 57.1 Å². The van der Waals surface area contributed by atoms with Crippen molar-refractivity contribution >= 4 is 22.0 Å². The lowest BCUT2D eigenvalue weighted by Gasteiger charge is -2.17. The average molecular weight is 456 g/mol. The van der Waals surface area contributed by atoms with E-state index in [0.29, 0.717) is 43.9 Å². The van der Waals surface area contributed by atoms with E-state index in [9.17, 15) is 22.4 Å². The smallest absolute Gasteiger partial charge is 0.324 e. The summed E-state index contributed by atoms with van der Waals surface area (Å²) in [4.78, 5) is 24.0. The third-order valence-corrected chi connectivity index (χ3v) is 7.04. The summed E-state index contributed by atoms with van der Waals surface area (Å²) < 4.78 is 47.0. The predicted molar refractivity (Wildman–Crippen MR) is 114 cm³/mol. The van der Waals surface area contributed by atoms with Crippen molar-refractivity contribution in [2.45, 2.75) is 51.5 Å². The summed E-state index contributed by atoms with van der Waals surface area (Å²) in [5, 5.41) is 2.21. The number of halogens is 1. The maximum absolute atomic E-state index is 14.0. The fraction of sp³-hybridized carbons (Fsp3) is 0.619. The summed E-state index contributed by atoms with van der Waals surface area (Å²) in [6.45, 7) is 2.64. The first kappa shape index (κ1) is 23.5. The molecular formula is C21H30FN3O5S. The first-order valence-electron chi connectivity index (χ1n) is 10.7. The largest absolute Gasteiger partial charge is 0.490 e. The number of ether oxygens (including phenoxy) is 1. The van der Waals surface area contributed by atoms with Crippen LogP contribution < -0.4 is 14.8 Å². The molecule has 2 N–H and O–H groups in total. The minimum absolute atomic E-state index is 0.0472. The number of carbonyl (C=O) groups excluding carboxylic acids is 2. The van der Waals surface area contributed by atoms with Crippen LogP contribution in [0.5, 0.6) is 5.75 Å². The SMILES string of the molecule is C[C@@H](NS(=O)(=O)CCCCCN1CC(=O)NC1=O)c1ccc(F)c(OCCC2CC2)c1. The molecule has 8 nitrogen and oxygen atoms in total. The molecular weight excluding hydrogens is 425 g/mol. The molecule has 10 heteroatoms. The minimum atomic E-state index is -3.52. The molecule has 1 aromatic carbocycles. The second kappa shape index (κ2) is 10.4. The van der Waals surface area contributed by atoms with Crippen molar-refractivity contribution in [3.63, 3.8) is 0 Å². The number of nitrogens with zero attached hydrogens (tertiary/aromatic N) is 1. The fourth-order valence-electron chi connectivity index (χ4n) is 3.47. The van der Waals surface area contributed by atoms with Gasteiger partial charge in [0.05, 0.1) is 12.4 Å². The van der Waals surface area contributed by atoms with Crippen molar-refractivity contribution in [2.24, 2.45) is 5.92 Å². The van der Waals surface area contributed by atoms with Crippen molar-refractivity contribution in [2.75, 3.05) is 25.4 Å². The Hall–Kier alpha value is -2.20. The maximum atomic E-state index is 14.0. The van der Waals surface area contributed by atoms with Crippen LogP contribution in [0, 0.1) is 11.7 Å². The molecule has 3 amide bonds. The summed E-state index contributed by atoms with van der Waals surface area (Å²) in [5.74, 6) is 0.0145. The molecule has 3 rings (SSSR count). The minimum Gasteiger partial charge on any atom is -0.490 e. The van der Waals surface area contributed by atoms with Crippen LogP contribution in [0.3, 0.4) is 0 Å². The van der Waals surface area contributed by atoms with Gasteiger partial charge in [0, 0.05) is 12.6 Å². The van der Waals surface area contributed by atoms with E-state index in [1.54, 1.807) is 19.1 Å². The molecule has 1 aliphatic heterocycles. The highest BCUT2D eigenvalue weighted by molar-refractivity contribution is 7.89. The molecule has 31 heavy (non-hydrogen) atoms. The zero-order valence-corrected chi connectivity index (χ0v) is 18.5. The molecule has 172 valence electrons. The van der Waals surface area contributed by atoms with Crippen LogP contribution in [-0.4, -0.2) is 50.7 Å². The van der Waals surface area contributed by atoms with E-state index < -0.39 is 27.9 Å². The van der Waals surface area contributed by atoms with Gasteiger partial charge in [-0.2, -0.15) is 0 Å². The summed E-state index contributed by atoms with van der Waals surface area (Å²) in [6, 6.07) is 3.49. The monoisotopic (exact) mass is 455 g/mol. The molecule has 0 unspecified atom stereocenters. The summed E-state index contributed by atoms with van der Waals surface area (Å²) in [5.41, 5.74) is 0.635. The predicted octanol–water partition coefficient (Wildman–Crippen LogP) is 2.71. The number of nitrogens with one attached hydrogen (secondary N) is 2. The Morgan fingerprint density at radius 3 is 2.71 bits per heavy atom. The number of urea groups is 1. The average Bonchev–Trinajstić information content (AvgIpc) is 3.46. The van der Waals surface area contributed by atoms with Gasteiger partial charge in [0.15, 0.2) is 11.6 Å². The molecule has 2 aliphatic rings. The Morgan fingerprint density at radius 2 is 2.03 bits per heavy atom. The zero-order chi connectivity index (χ0) is 22.4. The lowest BCUT2D eigenvalue weighted by atomic mass is 10.1. The quantitative estimate of drug-likeness (QED) is 0.352. The maximum Gasteiger partial charge on any atom is 0.324 e. The number of hydrogen-bond donors (Lipinski definition) is 2. The number of sulfonamides is 1. The Morgan fingerprint density at radius 1 is 1.26 bits per heavy atom. The van der Waals surface area contributed by atoms with Crippen molar-refractivity contribution in [1.82, 2.24) is 14.9 Å². The number of unbranched alkanes of at least 4 members (excludes halogenated alkanes) is 2. The molecule has 0 radical (unpaired) electrons. The topological polar surface area (TPSA) is 105 Å². The van der Waals surface area contributed by atoms with Gasteiger partial charge < -0.3 is 9.64 Å². The Balaban J connectivity index is 1.41. The van der Waals surface area contributed by atoms with Crippen molar-refractivity contribution < 1.29 is 27.1 Å². The molecule has 1 aliphatic carbocycles. The van der Waals surface area contributed by atoms with Crippen LogP contribution >= 0.6 is 0 Å². The Bertz CT molecular complexity index is 904. The fourth-order valence-corrected chi connectivity index (χ4v) is 4.85. The van der Waals surface area contributed by atoms with Gasteiger partial charge in [0.2, 0.25) is 15.9 Å². The lowest BCUT2D eigenvalue weighted by molar-refractivity contribution is -0.118. The Labute approximate surface area is 182 Å². The molecule has 2 fully saturated rings. The highest BCUT2D eigenvalue weighted by Crippen LogP contribution is 2.32. The van der Waals surface area contributed by atoms with E-state index in [1.165, 1.54) is 23.8 Å². The highest BCUT2D eigenvalue weighted by Gasteiger charge is 2.26. The van der Waals surface area contributed by atoms with E-state index in [4.69, 9.17) is 4.74 Å². The van der Waals surface area contributed by atoms with E-state index in [-0.39, 0.29) is 24.0 Å². The third-order valence-electron chi connectivity index (χ3n) is 5.50.